The minimum Gasteiger partial charge on any atom is -0.359 e. The number of nitrogens with one attached hydrogen (secondary N) is 1. The van der Waals surface area contributed by atoms with Gasteiger partial charge in [0.15, 0.2) is 10.8 Å². The lowest BCUT2D eigenvalue weighted by Crippen LogP contribution is -2.40. The number of rotatable bonds is 3. The van der Waals surface area contributed by atoms with Crippen LogP contribution in [0.1, 0.15) is 18.9 Å². The van der Waals surface area contributed by atoms with Crippen molar-refractivity contribution in [2.75, 3.05) is 5.32 Å². The van der Waals surface area contributed by atoms with Crippen molar-refractivity contribution in [1.29, 1.82) is 0 Å². The molecule has 1 aliphatic carbocycles. The van der Waals surface area contributed by atoms with E-state index in [2.05, 4.69) is 15.3 Å². The normalized spacial score (nSPS) is 19.5. The molecular weight excluding hydrogens is 372 g/mol. The molecule has 0 bridgehead atoms. The molecule has 3 aromatic heterocycles. The second-order valence-electron chi connectivity index (χ2n) is 6.81. The highest BCUT2D eigenvalue weighted by Crippen LogP contribution is 2.37. The number of benzene rings is 1. The summed E-state index contributed by atoms with van der Waals surface area (Å²) >= 11 is 1.48. The minimum atomic E-state index is -0.462. The highest BCUT2D eigenvalue weighted by Gasteiger charge is 2.34. The van der Waals surface area contributed by atoms with Crippen LogP contribution in [0.2, 0.25) is 0 Å². The second-order valence-corrected chi connectivity index (χ2v) is 7.84. The van der Waals surface area contributed by atoms with Gasteiger partial charge in [0.25, 0.3) is 0 Å². The molecule has 0 amide bonds. The Morgan fingerprint density at radius 1 is 1.22 bits per heavy atom. The van der Waals surface area contributed by atoms with Gasteiger partial charge in [-0.15, -0.1) is 0 Å². The SMILES string of the molecule is Cn1c(=O)n([C@H]2C[C@H](Nc3nc4cc(F)ccc4s3)C2)c2ncc(F)cc21. The Hall–Kier alpha value is -2.81. The Bertz CT molecular complexity index is 1240. The van der Waals surface area contributed by atoms with E-state index in [1.165, 1.54) is 34.1 Å². The first-order valence-electron chi connectivity index (χ1n) is 8.54. The zero-order valence-electron chi connectivity index (χ0n) is 14.3. The zero-order chi connectivity index (χ0) is 18.7. The molecule has 1 saturated carbocycles. The number of imidazole rings is 1. The molecule has 27 heavy (non-hydrogen) atoms. The van der Waals surface area contributed by atoms with Crippen LogP contribution in [-0.2, 0) is 7.05 Å². The van der Waals surface area contributed by atoms with E-state index < -0.39 is 5.82 Å². The van der Waals surface area contributed by atoms with Crippen molar-refractivity contribution in [1.82, 2.24) is 19.1 Å². The van der Waals surface area contributed by atoms with Crippen LogP contribution >= 0.6 is 11.3 Å². The van der Waals surface area contributed by atoms with E-state index in [4.69, 9.17) is 0 Å². The molecule has 4 aromatic rings. The van der Waals surface area contributed by atoms with Gasteiger partial charge < -0.3 is 5.32 Å². The fraction of sp³-hybridized carbons (Fsp3) is 0.278. The number of anilines is 1. The molecule has 1 aliphatic rings. The largest absolute Gasteiger partial charge is 0.359 e. The summed E-state index contributed by atoms with van der Waals surface area (Å²) in [5.74, 6) is -0.766. The fourth-order valence-electron chi connectivity index (χ4n) is 3.59. The molecule has 9 heteroatoms. The summed E-state index contributed by atoms with van der Waals surface area (Å²) in [6, 6.07) is 6.06. The van der Waals surface area contributed by atoms with E-state index in [0.29, 0.717) is 16.7 Å². The van der Waals surface area contributed by atoms with Crippen molar-refractivity contribution in [3.05, 3.63) is 52.6 Å². The van der Waals surface area contributed by atoms with E-state index >= 15 is 0 Å². The number of hydrogen-bond donors (Lipinski definition) is 1. The van der Waals surface area contributed by atoms with Crippen LogP contribution in [0.4, 0.5) is 13.9 Å². The molecule has 1 fully saturated rings. The maximum Gasteiger partial charge on any atom is 0.330 e. The standard InChI is InChI=1S/C18H15F2N5OS/c1-24-14-5-10(20)8-21-16(14)25(18(24)26)12-6-11(7-12)22-17-23-13-4-9(19)2-3-15(13)27-17/h2-5,8,11-12H,6-7H2,1H3,(H,22,23)/t11-,12-. The Morgan fingerprint density at radius 2 is 2.04 bits per heavy atom. The van der Waals surface area contributed by atoms with Crippen molar-refractivity contribution in [2.24, 2.45) is 7.05 Å². The highest BCUT2D eigenvalue weighted by atomic mass is 32.1. The number of aromatic nitrogens is 4. The topological polar surface area (TPSA) is 64.7 Å². The summed E-state index contributed by atoms with van der Waals surface area (Å²) in [5, 5.41) is 4.09. The van der Waals surface area contributed by atoms with Gasteiger partial charge in [-0.1, -0.05) is 11.3 Å². The fourth-order valence-corrected chi connectivity index (χ4v) is 4.51. The van der Waals surface area contributed by atoms with Crippen LogP contribution in [0.15, 0.2) is 35.3 Å². The summed E-state index contributed by atoms with van der Waals surface area (Å²) in [6.07, 6.45) is 2.61. The summed E-state index contributed by atoms with van der Waals surface area (Å²) in [6.45, 7) is 0. The third-order valence-corrected chi connectivity index (χ3v) is 6.02. The molecule has 0 saturated heterocycles. The lowest BCUT2D eigenvalue weighted by molar-refractivity contribution is 0.280. The Labute approximate surface area is 156 Å². The van der Waals surface area contributed by atoms with Gasteiger partial charge in [0, 0.05) is 31.3 Å². The van der Waals surface area contributed by atoms with Crippen molar-refractivity contribution in [3.63, 3.8) is 0 Å². The third-order valence-electron chi connectivity index (χ3n) is 5.05. The molecule has 0 aliphatic heterocycles. The Balaban J connectivity index is 1.37. The lowest BCUT2D eigenvalue weighted by atomic mass is 9.86. The molecule has 0 spiro atoms. The average molecular weight is 387 g/mol. The second kappa shape index (κ2) is 5.85. The highest BCUT2D eigenvalue weighted by molar-refractivity contribution is 7.22. The van der Waals surface area contributed by atoms with Crippen LogP contribution in [0.3, 0.4) is 0 Å². The molecule has 6 nitrogen and oxygen atoms in total. The first kappa shape index (κ1) is 16.4. The lowest BCUT2D eigenvalue weighted by Gasteiger charge is -2.36. The van der Waals surface area contributed by atoms with E-state index in [-0.39, 0.29) is 23.6 Å². The summed E-state index contributed by atoms with van der Waals surface area (Å²) in [5.41, 5.74) is 1.43. The molecule has 5 rings (SSSR count). The maximum atomic E-state index is 13.4. The number of hydrogen-bond acceptors (Lipinski definition) is 5. The number of fused-ring (bicyclic) bond motifs is 2. The van der Waals surface area contributed by atoms with E-state index in [9.17, 15) is 13.6 Å². The molecule has 0 unspecified atom stereocenters. The predicted molar refractivity (Wildman–Crippen MR) is 100 cm³/mol. The van der Waals surface area contributed by atoms with Gasteiger partial charge in [0.05, 0.1) is 21.9 Å². The minimum absolute atomic E-state index is 0.00323. The molecular formula is C18H15F2N5OS. The van der Waals surface area contributed by atoms with Gasteiger partial charge >= 0.3 is 5.69 Å². The maximum absolute atomic E-state index is 13.4. The summed E-state index contributed by atoms with van der Waals surface area (Å²) in [7, 11) is 1.62. The number of aryl methyl sites for hydroxylation is 1. The number of thiazole rings is 1. The quantitative estimate of drug-likeness (QED) is 0.585. The van der Waals surface area contributed by atoms with Crippen LogP contribution in [0.25, 0.3) is 21.4 Å². The zero-order valence-corrected chi connectivity index (χ0v) is 15.1. The summed E-state index contributed by atoms with van der Waals surface area (Å²) < 4.78 is 30.7. The van der Waals surface area contributed by atoms with Gasteiger partial charge in [0.2, 0.25) is 0 Å². The van der Waals surface area contributed by atoms with Crippen LogP contribution in [0, 0.1) is 11.6 Å². The predicted octanol–water partition coefficient (Wildman–Crippen LogP) is 3.44. The Morgan fingerprint density at radius 3 is 2.85 bits per heavy atom. The molecule has 1 N–H and O–H groups in total. The first-order valence-corrected chi connectivity index (χ1v) is 9.36. The number of pyridine rings is 1. The molecule has 0 atom stereocenters. The molecule has 1 aromatic carbocycles. The molecule has 3 heterocycles. The van der Waals surface area contributed by atoms with E-state index in [1.54, 1.807) is 17.7 Å². The van der Waals surface area contributed by atoms with Crippen molar-refractivity contribution >= 4 is 37.8 Å². The van der Waals surface area contributed by atoms with Crippen LogP contribution in [-0.4, -0.2) is 25.1 Å². The third kappa shape index (κ3) is 2.61. The molecule has 138 valence electrons. The van der Waals surface area contributed by atoms with Crippen molar-refractivity contribution < 1.29 is 8.78 Å². The van der Waals surface area contributed by atoms with Gasteiger partial charge in [-0.3, -0.25) is 9.13 Å². The Kier molecular flexibility index (Phi) is 3.55. The van der Waals surface area contributed by atoms with Crippen LogP contribution < -0.4 is 11.0 Å². The first-order chi connectivity index (χ1) is 13.0. The van der Waals surface area contributed by atoms with Crippen molar-refractivity contribution in [3.8, 4) is 0 Å². The average Bonchev–Trinajstić information content (AvgIpc) is 3.10. The molecule has 0 radical (unpaired) electrons. The van der Waals surface area contributed by atoms with E-state index in [1.807, 2.05) is 0 Å². The van der Waals surface area contributed by atoms with Gasteiger partial charge in [0.1, 0.15) is 11.6 Å². The number of nitrogens with zero attached hydrogens (tertiary/aromatic N) is 4. The van der Waals surface area contributed by atoms with Crippen molar-refractivity contribution in [2.45, 2.75) is 24.9 Å². The van der Waals surface area contributed by atoms with Gasteiger partial charge in [-0.2, -0.15) is 0 Å². The van der Waals surface area contributed by atoms with Crippen LogP contribution in [0.5, 0.6) is 0 Å². The van der Waals surface area contributed by atoms with E-state index in [0.717, 1.165) is 28.9 Å². The van der Waals surface area contributed by atoms with Gasteiger partial charge in [-0.25, -0.2) is 23.5 Å². The monoisotopic (exact) mass is 387 g/mol. The number of halogens is 2. The van der Waals surface area contributed by atoms with Gasteiger partial charge in [-0.05, 0) is 25.0 Å². The summed E-state index contributed by atoms with van der Waals surface area (Å²) in [4.78, 5) is 21.1. The smallest absolute Gasteiger partial charge is 0.330 e.